The topological polar surface area (TPSA) is 55.8 Å². The molecule has 23 heavy (non-hydrogen) atoms. The third-order valence-electron chi connectivity index (χ3n) is 3.54. The summed E-state index contributed by atoms with van der Waals surface area (Å²) in [6.45, 7) is 0.366. The third kappa shape index (κ3) is 4.71. The predicted molar refractivity (Wildman–Crippen MR) is 84.5 cm³/mol. The van der Waals surface area contributed by atoms with Crippen molar-refractivity contribution >= 4 is 5.97 Å². The van der Waals surface area contributed by atoms with Crippen LogP contribution in [0.25, 0.3) is 0 Å². The highest BCUT2D eigenvalue weighted by atomic mass is 19.1. The van der Waals surface area contributed by atoms with Gasteiger partial charge in [-0.25, -0.2) is 4.39 Å². The summed E-state index contributed by atoms with van der Waals surface area (Å²) in [5, 5.41) is 9.30. The minimum atomic E-state index is -1.03. The van der Waals surface area contributed by atoms with Crippen LogP contribution in [0, 0.1) is 5.82 Å². The number of benzene rings is 2. The maximum atomic E-state index is 13.7. The van der Waals surface area contributed by atoms with E-state index < -0.39 is 17.7 Å². The van der Waals surface area contributed by atoms with Gasteiger partial charge in [-0.1, -0.05) is 18.2 Å². The van der Waals surface area contributed by atoms with E-state index in [1.165, 1.54) is 12.1 Å². The van der Waals surface area contributed by atoms with Crippen LogP contribution < -0.4 is 9.47 Å². The molecule has 0 aliphatic heterocycles. The highest BCUT2D eigenvalue weighted by molar-refractivity contribution is 5.76. The summed E-state index contributed by atoms with van der Waals surface area (Å²) in [6.07, 6.45) is 0.823. The lowest BCUT2D eigenvalue weighted by molar-refractivity contribution is -0.139. The Bertz CT molecular complexity index is 640. The SMILES string of the molecule is COc1ccc(OCCCC(C(=O)O)c2ccccc2F)cc1. The van der Waals surface area contributed by atoms with Gasteiger partial charge in [0.2, 0.25) is 0 Å². The smallest absolute Gasteiger partial charge is 0.311 e. The molecular weight excluding hydrogens is 299 g/mol. The summed E-state index contributed by atoms with van der Waals surface area (Å²) in [4.78, 5) is 11.4. The van der Waals surface area contributed by atoms with Crippen LogP contribution in [-0.2, 0) is 4.79 Å². The summed E-state index contributed by atoms with van der Waals surface area (Å²) < 4.78 is 24.4. The number of carbonyl (C=O) groups is 1. The van der Waals surface area contributed by atoms with Crippen LogP contribution in [0.15, 0.2) is 48.5 Å². The van der Waals surface area contributed by atoms with Crippen LogP contribution >= 0.6 is 0 Å². The third-order valence-corrected chi connectivity index (χ3v) is 3.54. The number of carboxylic acid groups (broad SMARTS) is 1. The summed E-state index contributed by atoms with van der Waals surface area (Å²) >= 11 is 0. The van der Waals surface area contributed by atoms with E-state index in [4.69, 9.17) is 9.47 Å². The van der Waals surface area contributed by atoms with Crippen LogP contribution in [0.4, 0.5) is 4.39 Å². The molecule has 2 rings (SSSR count). The maximum absolute atomic E-state index is 13.7. The summed E-state index contributed by atoms with van der Waals surface area (Å²) in [5.74, 6) is -0.961. The Morgan fingerprint density at radius 3 is 2.39 bits per heavy atom. The number of ether oxygens (including phenoxy) is 2. The molecule has 0 saturated heterocycles. The number of hydrogen-bond acceptors (Lipinski definition) is 3. The molecule has 0 spiro atoms. The first-order chi connectivity index (χ1) is 11.1. The molecule has 0 aromatic heterocycles. The second-order valence-electron chi connectivity index (χ2n) is 5.08. The maximum Gasteiger partial charge on any atom is 0.311 e. The van der Waals surface area contributed by atoms with Crippen molar-refractivity contribution in [3.8, 4) is 11.5 Å². The first-order valence-electron chi connectivity index (χ1n) is 7.36. The Morgan fingerprint density at radius 1 is 1.13 bits per heavy atom. The van der Waals surface area contributed by atoms with Gasteiger partial charge in [0.15, 0.2) is 0 Å². The van der Waals surface area contributed by atoms with E-state index in [2.05, 4.69) is 0 Å². The fourth-order valence-corrected chi connectivity index (χ4v) is 2.32. The molecular formula is C18H19FO4. The summed E-state index contributed by atoms with van der Waals surface area (Å²) in [6, 6.07) is 13.1. The van der Waals surface area contributed by atoms with Crippen LogP contribution in [-0.4, -0.2) is 24.8 Å². The molecule has 0 radical (unpaired) electrons. The molecule has 4 nitrogen and oxygen atoms in total. The normalized spacial score (nSPS) is 11.7. The number of hydrogen-bond donors (Lipinski definition) is 1. The van der Waals surface area contributed by atoms with Gasteiger partial charge in [-0.15, -0.1) is 0 Å². The van der Waals surface area contributed by atoms with Crippen molar-refractivity contribution in [3.05, 3.63) is 59.9 Å². The first kappa shape index (κ1) is 16.8. The minimum Gasteiger partial charge on any atom is -0.497 e. The monoisotopic (exact) mass is 318 g/mol. The van der Waals surface area contributed by atoms with Crippen LogP contribution in [0.3, 0.4) is 0 Å². The van der Waals surface area contributed by atoms with Gasteiger partial charge in [0.25, 0.3) is 0 Å². The second-order valence-corrected chi connectivity index (χ2v) is 5.08. The van der Waals surface area contributed by atoms with Crippen molar-refractivity contribution in [3.63, 3.8) is 0 Å². The van der Waals surface area contributed by atoms with E-state index >= 15 is 0 Å². The highest BCUT2D eigenvalue weighted by Crippen LogP contribution is 2.24. The molecule has 0 fully saturated rings. The van der Waals surface area contributed by atoms with Gasteiger partial charge in [0, 0.05) is 5.56 Å². The number of methoxy groups -OCH3 is 1. The molecule has 0 amide bonds. The lowest BCUT2D eigenvalue weighted by Gasteiger charge is -2.14. The minimum absolute atomic E-state index is 0.212. The van der Waals surface area contributed by atoms with Gasteiger partial charge in [-0.2, -0.15) is 0 Å². The van der Waals surface area contributed by atoms with E-state index in [9.17, 15) is 14.3 Å². The molecule has 0 bridgehead atoms. The first-order valence-corrected chi connectivity index (χ1v) is 7.36. The van der Waals surface area contributed by atoms with Crippen molar-refractivity contribution in [2.45, 2.75) is 18.8 Å². The average Bonchev–Trinajstić information content (AvgIpc) is 2.56. The lowest BCUT2D eigenvalue weighted by Crippen LogP contribution is -2.14. The zero-order chi connectivity index (χ0) is 16.7. The van der Waals surface area contributed by atoms with E-state index in [1.54, 1.807) is 43.5 Å². The quantitative estimate of drug-likeness (QED) is 0.751. The Balaban J connectivity index is 1.87. The fourth-order valence-electron chi connectivity index (χ4n) is 2.32. The zero-order valence-electron chi connectivity index (χ0n) is 12.9. The molecule has 1 N–H and O–H groups in total. The van der Waals surface area contributed by atoms with Crippen LogP contribution in [0.5, 0.6) is 11.5 Å². The Morgan fingerprint density at radius 2 is 1.78 bits per heavy atom. The standard InChI is InChI=1S/C18H19FO4/c1-22-13-8-10-14(11-9-13)23-12-4-6-16(18(20)21)15-5-2-3-7-17(15)19/h2-3,5,7-11,16H,4,6,12H2,1H3,(H,20,21). The van der Waals surface area contributed by atoms with Crippen molar-refractivity contribution < 1.29 is 23.8 Å². The molecule has 2 aromatic carbocycles. The second kappa shape index (κ2) is 8.17. The van der Waals surface area contributed by atoms with E-state index in [0.717, 1.165) is 5.75 Å². The van der Waals surface area contributed by atoms with Crippen molar-refractivity contribution in [1.82, 2.24) is 0 Å². The van der Waals surface area contributed by atoms with E-state index in [1.807, 2.05) is 0 Å². The number of aliphatic carboxylic acids is 1. The number of halogens is 1. The Kier molecular flexibility index (Phi) is 5.97. The van der Waals surface area contributed by atoms with Crippen molar-refractivity contribution in [2.75, 3.05) is 13.7 Å². The van der Waals surface area contributed by atoms with E-state index in [-0.39, 0.29) is 5.56 Å². The molecule has 1 atom stereocenters. The molecule has 0 saturated carbocycles. The van der Waals surface area contributed by atoms with Gasteiger partial charge >= 0.3 is 5.97 Å². The Hall–Kier alpha value is -2.56. The largest absolute Gasteiger partial charge is 0.497 e. The predicted octanol–water partition coefficient (Wildman–Crippen LogP) is 3.86. The molecule has 0 aliphatic carbocycles. The number of rotatable bonds is 8. The van der Waals surface area contributed by atoms with Gasteiger partial charge < -0.3 is 14.6 Å². The lowest BCUT2D eigenvalue weighted by atomic mass is 9.94. The van der Waals surface area contributed by atoms with Crippen molar-refractivity contribution in [1.29, 1.82) is 0 Å². The summed E-state index contributed by atoms with van der Waals surface area (Å²) in [5.41, 5.74) is 0.212. The molecule has 1 unspecified atom stereocenters. The Labute approximate surface area is 134 Å². The average molecular weight is 318 g/mol. The molecule has 0 heterocycles. The molecule has 5 heteroatoms. The molecule has 0 aliphatic rings. The van der Waals surface area contributed by atoms with Crippen molar-refractivity contribution in [2.24, 2.45) is 0 Å². The van der Waals surface area contributed by atoms with Crippen LogP contribution in [0.1, 0.15) is 24.3 Å². The highest BCUT2D eigenvalue weighted by Gasteiger charge is 2.22. The number of carboxylic acids is 1. The van der Waals surface area contributed by atoms with Gasteiger partial charge in [-0.05, 0) is 43.2 Å². The zero-order valence-corrected chi connectivity index (χ0v) is 12.9. The fraction of sp³-hybridized carbons (Fsp3) is 0.278. The van der Waals surface area contributed by atoms with E-state index in [0.29, 0.717) is 25.2 Å². The van der Waals surface area contributed by atoms with Gasteiger partial charge in [0.1, 0.15) is 17.3 Å². The molecule has 2 aromatic rings. The molecule has 122 valence electrons. The summed E-state index contributed by atoms with van der Waals surface area (Å²) in [7, 11) is 1.59. The van der Waals surface area contributed by atoms with Gasteiger partial charge in [-0.3, -0.25) is 4.79 Å². The van der Waals surface area contributed by atoms with Crippen LogP contribution in [0.2, 0.25) is 0 Å². The van der Waals surface area contributed by atoms with Gasteiger partial charge in [0.05, 0.1) is 19.6 Å².